The first kappa shape index (κ1) is 13.2. The van der Waals surface area contributed by atoms with Crippen LogP contribution in [-0.2, 0) is 4.43 Å². The van der Waals surface area contributed by atoms with Gasteiger partial charge >= 0.3 is 0 Å². The Balaban J connectivity index is 2.89. The van der Waals surface area contributed by atoms with Crippen LogP contribution in [0.4, 0.5) is 0 Å². The molecule has 1 fully saturated rings. The van der Waals surface area contributed by atoms with Crippen molar-refractivity contribution < 1.29 is 14.6 Å². The largest absolute Gasteiger partial charge is 0.410 e. The first-order chi connectivity index (χ1) is 6.51. The van der Waals surface area contributed by atoms with Crippen LogP contribution < -0.4 is 0 Å². The molecular weight excluding hydrogens is 208 g/mol. The molecule has 0 aromatic heterocycles. The van der Waals surface area contributed by atoms with Crippen molar-refractivity contribution in [1.29, 1.82) is 0 Å². The second-order valence-corrected chi connectivity index (χ2v) is 8.55. The maximum Gasteiger partial charge on any atom is 0.191 e. The van der Waals surface area contributed by atoms with Crippen LogP contribution in [0.5, 0.6) is 0 Å². The van der Waals surface area contributed by atoms with Crippen molar-refractivity contribution in [2.75, 3.05) is 0 Å². The van der Waals surface area contributed by atoms with E-state index in [0.29, 0.717) is 6.42 Å². The fourth-order valence-electron chi connectivity index (χ4n) is 2.63. The fourth-order valence-corrected chi connectivity index (χ4v) is 3.96. The monoisotopic (exact) mass is 232 g/mol. The first-order valence-corrected chi connectivity index (χ1v) is 8.41. The van der Waals surface area contributed by atoms with Crippen molar-refractivity contribution in [3.8, 4) is 0 Å². The van der Waals surface area contributed by atoms with E-state index in [4.69, 9.17) is 4.43 Å². The van der Waals surface area contributed by atoms with Crippen LogP contribution in [0.1, 0.15) is 34.1 Å². The highest BCUT2D eigenvalue weighted by atomic mass is 28.3. The van der Waals surface area contributed by atoms with Crippen molar-refractivity contribution in [1.82, 2.24) is 0 Å². The maximum absolute atomic E-state index is 9.87. The molecule has 90 valence electrons. The van der Waals surface area contributed by atoms with Gasteiger partial charge in [0.15, 0.2) is 14.8 Å². The van der Waals surface area contributed by atoms with Gasteiger partial charge in [-0.3, -0.25) is 0 Å². The Morgan fingerprint density at radius 2 is 1.73 bits per heavy atom. The zero-order valence-electron chi connectivity index (χ0n) is 10.7. The molecule has 1 rings (SSSR count). The highest BCUT2D eigenvalue weighted by Crippen LogP contribution is 2.55. The Labute approximate surface area is 94.2 Å². The lowest BCUT2D eigenvalue weighted by atomic mass is 9.55. The predicted molar refractivity (Wildman–Crippen MR) is 63.1 cm³/mol. The van der Waals surface area contributed by atoms with E-state index in [1.165, 1.54) is 0 Å². The molecule has 2 N–H and O–H groups in total. The molecule has 3 nitrogen and oxygen atoms in total. The molecule has 0 heterocycles. The standard InChI is InChI=1S/C11H24O3Si/c1-9(2,3)8-7-11(12,13)10(8,4)14-15(5)6/h8,12-13,15H,7H2,1-6H3. The van der Waals surface area contributed by atoms with Crippen LogP contribution in [0.15, 0.2) is 0 Å². The molecular formula is C11H24O3Si. The Hall–Kier alpha value is 0.0969. The smallest absolute Gasteiger partial charge is 0.191 e. The Morgan fingerprint density at radius 1 is 1.27 bits per heavy atom. The lowest BCUT2D eigenvalue weighted by Crippen LogP contribution is -2.72. The zero-order valence-corrected chi connectivity index (χ0v) is 11.8. The normalized spacial score (nSPS) is 35.4. The molecule has 0 aromatic carbocycles. The molecule has 0 aliphatic heterocycles. The molecule has 0 aromatic rings. The van der Waals surface area contributed by atoms with Gasteiger partial charge in [0.2, 0.25) is 0 Å². The summed E-state index contributed by atoms with van der Waals surface area (Å²) in [6, 6.07) is 0. The molecule has 1 aliphatic carbocycles. The minimum atomic E-state index is -1.65. The average Bonchev–Trinajstić information content (AvgIpc) is 1.97. The van der Waals surface area contributed by atoms with Gasteiger partial charge in [0.1, 0.15) is 5.60 Å². The van der Waals surface area contributed by atoms with Gasteiger partial charge in [0, 0.05) is 12.3 Å². The lowest BCUT2D eigenvalue weighted by Gasteiger charge is -2.61. The summed E-state index contributed by atoms with van der Waals surface area (Å²) < 4.78 is 5.87. The second kappa shape index (κ2) is 3.55. The summed E-state index contributed by atoms with van der Waals surface area (Å²) >= 11 is 0. The molecule has 4 heteroatoms. The molecule has 2 unspecified atom stereocenters. The molecule has 0 spiro atoms. The van der Waals surface area contributed by atoms with E-state index >= 15 is 0 Å². The molecule has 15 heavy (non-hydrogen) atoms. The van der Waals surface area contributed by atoms with E-state index in [9.17, 15) is 10.2 Å². The van der Waals surface area contributed by atoms with Crippen LogP contribution in [0.25, 0.3) is 0 Å². The molecule has 1 aliphatic rings. The summed E-state index contributed by atoms with van der Waals surface area (Å²) in [4.78, 5) is 0. The quantitative estimate of drug-likeness (QED) is 0.560. The minimum absolute atomic E-state index is 0.0486. The van der Waals surface area contributed by atoms with Gasteiger partial charge in [0.25, 0.3) is 0 Å². The van der Waals surface area contributed by atoms with E-state index in [0.717, 1.165) is 0 Å². The van der Waals surface area contributed by atoms with Gasteiger partial charge in [-0.25, -0.2) is 0 Å². The summed E-state index contributed by atoms with van der Waals surface area (Å²) in [6.45, 7) is 12.3. The van der Waals surface area contributed by atoms with Gasteiger partial charge in [-0.2, -0.15) is 0 Å². The first-order valence-electron chi connectivity index (χ1n) is 5.63. The van der Waals surface area contributed by atoms with Crippen molar-refractivity contribution in [3.63, 3.8) is 0 Å². The van der Waals surface area contributed by atoms with Crippen molar-refractivity contribution in [2.24, 2.45) is 11.3 Å². The SMILES string of the molecule is C[SiH](C)OC1(C)C(C(C)(C)C)CC1(O)O. The van der Waals surface area contributed by atoms with Crippen LogP contribution in [0, 0.1) is 11.3 Å². The highest BCUT2D eigenvalue weighted by Gasteiger charge is 2.65. The van der Waals surface area contributed by atoms with Gasteiger partial charge in [-0.05, 0) is 25.4 Å². The minimum Gasteiger partial charge on any atom is -0.410 e. The molecule has 0 bridgehead atoms. The molecule has 0 radical (unpaired) electrons. The zero-order chi connectivity index (χ0) is 12.1. The number of hydrogen-bond donors (Lipinski definition) is 2. The fraction of sp³-hybridized carbons (Fsp3) is 1.00. The van der Waals surface area contributed by atoms with Gasteiger partial charge in [-0.1, -0.05) is 20.8 Å². The molecule has 2 atom stereocenters. The van der Waals surface area contributed by atoms with Gasteiger partial charge < -0.3 is 14.6 Å². The number of aliphatic hydroxyl groups is 2. The molecule has 0 amide bonds. The van der Waals surface area contributed by atoms with E-state index in [-0.39, 0.29) is 11.3 Å². The number of rotatable bonds is 2. The van der Waals surface area contributed by atoms with E-state index in [1.54, 1.807) is 0 Å². The Morgan fingerprint density at radius 3 is 2.00 bits per heavy atom. The Bertz CT molecular complexity index is 245. The summed E-state index contributed by atoms with van der Waals surface area (Å²) in [5.41, 5.74) is -0.737. The van der Waals surface area contributed by atoms with Crippen molar-refractivity contribution in [3.05, 3.63) is 0 Å². The van der Waals surface area contributed by atoms with Crippen LogP contribution >= 0.6 is 0 Å². The van der Waals surface area contributed by atoms with Crippen LogP contribution in [-0.4, -0.2) is 30.6 Å². The van der Waals surface area contributed by atoms with E-state index in [1.807, 2.05) is 6.92 Å². The summed E-state index contributed by atoms with van der Waals surface area (Å²) in [6.07, 6.45) is 0.411. The summed E-state index contributed by atoms with van der Waals surface area (Å²) in [5.74, 6) is -1.45. The highest BCUT2D eigenvalue weighted by molar-refractivity contribution is 6.48. The van der Waals surface area contributed by atoms with Gasteiger partial charge in [-0.15, -0.1) is 0 Å². The van der Waals surface area contributed by atoms with E-state index < -0.39 is 20.4 Å². The molecule has 1 saturated carbocycles. The third-order valence-electron chi connectivity index (χ3n) is 3.47. The van der Waals surface area contributed by atoms with Crippen LogP contribution in [0.2, 0.25) is 13.1 Å². The van der Waals surface area contributed by atoms with Crippen molar-refractivity contribution in [2.45, 2.75) is 58.6 Å². The third kappa shape index (κ3) is 2.13. The van der Waals surface area contributed by atoms with Crippen molar-refractivity contribution >= 4 is 9.04 Å². The number of hydrogen-bond acceptors (Lipinski definition) is 3. The van der Waals surface area contributed by atoms with Crippen LogP contribution in [0.3, 0.4) is 0 Å². The Kier molecular flexibility index (Phi) is 3.12. The predicted octanol–water partition coefficient (Wildman–Crippen LogP) is 1.49. The summed E-state index contributed by atoms with van der Waals surface area (Å²) in [5, 5.41) is 19.7. The maximum atomic E-state index is 9.87. The second-order valence-electron chi connectivity index (χ2n) is 6.21. The molecule has 0 saturated heterocycles. The average molecular weight is 232 g/mol. The lowest BCUT2D eigenvalue weighted by molar-refractivity contribution is -0.360. The van der Waals surface area contributed by atoms with E-state index in [2.05, 4.69) is 33.9 Å². The third-order valence-corrected chi connectivity index (χ3v) is 4.44. The van der Waals surface area contributed by atoms with Gasteiger partial charge in [0.05, 0.1) is 0 Å². The topological polar surface area (TPSA) is 49.7 Å². The summed E-state index contributed by atoms with van der Waals surface area (Å²) in [7, 11) is -1.27.